The number of aliphatic carboxylic acids is 1. The predicted octanol–water partition coefficient (Wildman–Crippen LogP) is 7.83. The summed E-state index contributed by atoms with van der Waals surface area (Å²) in [4.78, 5) is 23.8. The number of benzene rings is 5. The molecule has 0 aliphatic carbocycles. The molecular formula is C41H42I2N2O6. The Morgan fingerprint density at radius 1 is 0.588 bits per heavy atom. The predicted molar refractivity (Wildman–Crippen MR) is 217 cm³/mol. The Balaban J connectivity index is 0.000000238. The molecule has 0 unspecified atom stereocenters. The number of nitrogens with one attached hydrogen (secondary N) is 2. The van der Waals surface area contributed by atoms with E-state index in [0.717, 1.165) is 46.5 Å². The third-order valence-electron chi connectivity index (χ3n) is 7.87. The molecule has 3 N–H and O–H groups in total. The van der Waals surface area contributed by atoms with Gasteiger partial charge in [-0.15, -0.1) is 0 Å². The summed E-state index contributed by atoms with van der Waals surface area (Å²) < 4.78 is 19.6. The molecule has 0 radical (unpaired) electrons. The first-order valence-corrected chi connectivity index (χ1v) is 18.6. The quantitative estimate of drug-likeness (QED) is 0.0681. The fraction of sp³-hybridized carbons (Fsp3) is 0.220. The molecule has 51 heavy (non-hydrogen) atoms. The highest BCUT2D eigenvalue weighted by Crippen LogP contribution is 2.25. The first-order valence-electron chi connectivity index (χ1n) is 16.4. The number of carboxylic acids is 1. The summed E-state index contributed by atoms with van der Waals surface area (Å²) in [5, 5.41) is 15.1. The lowest BCUT2D eigenvalue weighted by Crippen LogP contribution is -2.37. The van der Waals surface area contributed by atoms with Crippen LogP contribution in [0.1, 0.15) is 27.8 Å². The van der Waals surface area contributed by atoms with Crippen molar-refractivity contribution < 1.29 is 28.9 Å². The van der Waals surface area contributed by atoms with Crippen molar-refractivity contribution in [3.63, 3.8) is 0 Å². The lowest BCUT2D eigenvalue weighted by atomic mass is 10.0. The number of esters is 1. The van der Waals surface area contributed by atoms with Crippen LogP contribution >= 0.6 is 45.2 Å². The Morgan fingerprint density at radius 3 is 1.37 bits per heavy atom. The average molecular weight is 913 g/mol. The minimum Gasteiger partial charge on any atom is -0.489 e. The van der Waals surface area contributed by atoms with Crippen molar-refractivity contribution in [1.82, 2.24) is 10.6 Å². The van der Waals surface area contributed by atoms with Crippen molar-refractivity contribution >= 4 is 57.1 Å². The molecule has 0 aromatic heterocycles. The summed E-state index contributed by atoms with van der Waals surface area (Å²) in [5.74, 6) is 0.371. The van der Waals surface area contributed by atoms with E-state index >= 15 is 0 Å². The fourth-order valence-electron chi connectivity index (χ4n) is 5.05. The first kappa shape index (κ1) is 39.8. The molecule has 8 nitrogen and oxygen atoms in total. The summed E-state index contributed by atoms with van der Waals surface area (Å²) in [6, 6.07) is 40.4. The number of ether oxygens (including phenoxy) is 3. The Bertz CT molecular complexity index is 1810. The third kappa shape index (κ3) is 13.6. The molecule has 10 heteroatoms. The number of hydrogen-bond acceptors (Lipinski definition) is 7. The number of carbonyl (C=O) groups excluding carboxylic acids is 1. The molecule has 0 aliphatic heterocycles. The maximum Gasteiger partial charge on any atom is 0.323 e. The highest BCUT2D eigenvalue weighted by Gasteiger charge is 2.21. The van der Waals surface area contributed by atoms with E-state index in [1.807, 2.05) is 121 Å². The number of halogens is 2. The van der Waals surface area contributed by atoms with Crippen molar-refractivity contribution in [2.45, 2.75) is 44.7 Å². The van der Waals surface area contributed by atoms with Crippen molar-refractivity contribution in [1.29, 1.82) is 0 Å². The summed E-state index contributed by atoms with van der Waals surface area (Å²) in [7, 11) is 3.42. The normalized spacial score (nSPS) is 11.8. The molecule has 0 fully saturated rings. The van der Waals surface area contributed by atoms with Crippen LogP contribution in [0.4, 0.5) is 0 Å². The first-order chi connectivity index (χ1) is 24.7. The van der Waals surface area contributed by atoms with E-state index in [-0.39, 0.29) is 12.6 Å². The van der Waals surface area contributed by atoms with Gasteiger partial charge < -0.3 is 30.0 Å². The Labute approximate surface area is 327 Å². The van der Waals surface area contributed by atoms with Gasteiger partial charge in [0.25, 0.3) is 0 Å². The van der Waals surface area contributed by atoms with Gasteiger partial charge >= 0.3 is 11.9 Å². The molecule has 0 saturated heterocycles. The second-order valence-electron chi connectivity index (χ2n) is 11.6. The molecule has 0 bridgehead atoms. The molecule has 2 atom stereocenters. The lowest BCUT2D eigenvalue weighted by Gasteiger charge is -2.18. The van der Waals surface area contributed by atoms with Crippen LogP contribution in [-0.4, -0.2) is 43.2 Å². The van der Waals surface area contributed by atoms with Crippen molar-refractivity contribution in [3.05, 3.63) is 162 Å². The van der Waals surface area contributed by atoms with Gasteiger partial charge in [-0.3, -0.25) is 9.59 Å². The smallest absolute Gasteiger partial charge is 0.323 e. The van der Waals surface area contributed by atoms with Gasteiger partial charge in [0.1, 0.15) is 43.4 Å². The lowest BCUT2D eigenvalue weighted by molar-refractivity contribution is -0.147. The topological polar surface area (TPSA) is 106 Å². The number of hydrogen-bond donors (Lipinski definition) is 3. The van der Waals surface area contributed by atoms with Gasteiger partial charge in [-0.25, -0.2) is 0 Å². The highest BCUT2D eigenvalue weighted by atomic mass is 127. The molecule has 0 spiro atoms. The molecule has 5 rings (SSSR count). The molecule has 5 aromatic carbocycles. The van der Waals surface area contributed by atoms with Crippen LogP contribution in [0.3, 0.4) is 0 Å². The molecule has 0 amide bonds. The number of likely N-dealkylation sites (N-methyl/N-ethyl adjacent to an activating group) is 2. The van der Waals surface area contributed by atoms with Gasteiger partial charge in [-0.05, 0) is 123 Å². The van der Waals surface area contributed by atoms with E-state index in [2.05, 4.69) is 61.9 Å². The number of rotatable bonds is 16. The van der Waals surface area contributed by atoms with E-state index in [4.69, 9.17) is 14.2 Å². The van der Waals surface area contributed by atoms with Crippen LogP contribution in [0.25, 0.3) is 0 Å². The van der Waals surface area contributed by atoms with E-state index in [1.54, 1.807) is 14.1 Å². The molecule has 0 saturated carbocycles. The van der Waals surface area contributed by atoms with E-state index in [9.17, 15) is 14.7 Å². The monoisotopic (exact) mass is 912 g/mol. The maximum atomic E-state index is 12.6. The largest absolute Gasteiger partial charge is 0.489 e. The fourth-order valence-corrected chi connectivity index (χ4v) is 6.16. The van der Waals surface area contributed by atoms with E-state index < -0.39 is 18.1 Å². The maximum absolute atomic E-state index is 12.6. The third-order valence-corrected chi connectivity index (χ3v) is 9.21. The number of carbonyl (C=O) groups is 2. The van der Waals surface area contributed by atoms with Crippen molar-refractivity contribution in [3.8, 4) is 11.5 Å². The van der Waals surface area contributed by atoms with Crippen LogP contribution in [0, 0.1) is 7.14 Å². The standard InChI is InChI=1S/C24H24INO3.C17H18INO3/c1-26-22(24(27)29-17-19-10-6-3-7-11-19)15-20-14-21(25)12-13-23(20)28-16-18-8-4-2-5-9-18;1-19-15(17(20)21)10-13-9-14(18)7-8-16(13)22-11-12-5-3-2-4-6-12/h2-14,22,26H,15-17H2,1H3;2-9,15,19H,10-11H2,1H3,(H,20,21)/t22-;15-/m00/s1. The van der Waals surface area contributed by atoms with Crippen molar-refractivity contribution in [2.24, 2.45) is 0 Å². The Kier molecular flexibility index (Phi) is 16.7. The van der Waals surface area contributed by atoms with Gasteiger partial charge in [0.2, 0.25) is 0 Å². The zero-order chi connectivity index (χ0) is 36.4. The van der Waals surface area contributed by atoms with Gasteiger partial charge in [0.05, 0.1) is 0 Å². The Hall–Kier alpha value is -3.98. The van der Waals surface area contributed by atoms with Crippen LogP contribution in [-0.2, 0) is 47.0 Å². The minimum absolute atomic E-state index is 0.265. The van der Waals surface area contributed by atoms with Crippen molar-refractivity contribution in [2.75, 3.05) is 14.1 Å². The van der Waals surface area contributed by atoms with Crippen LogP contribution in [0.2, 0.25) is 0 Å². The highest BCUT2D eigenvalue weighted by molar-refractivity contribution is 14.1. The summed E-state index contributed by atoms with van der Waals surface area (Å²) in [6.45, 7) is 1.21. The summed E-state index contributed by atoms with van der Waals surface area (Å²) in [6.07, 6.45) is 0.873. The van der Waals surface area contributed by atoms with E-state index in [1.165, 1.54) is 0 Å². The van der Waals surface area contributed by atoms with Crippen LogP contribution in [0.5, 0.6) is 11.5 Å². The van der Waals surface area contributed by atoms with E-state index in [0.29, 0.717) is 26.1 Å². The summed E-state index contributed by atoms with van der Waals surface area (Å²) >= 11 is 4.49. The number of carboxylic acid groups (broad SMARTS) is 1. The van der Waals surface area contributed by atoms with Crippen LogP contribution < -0.4 is 20.1 Å². The zero-order valence-electron chi connectivity index (χ0n) is 28.6. The van der Waals surface area contributed by atoms with Gasteiger partial charge in [0.15, 0.2) is 0 Å². The van der Waals surface area contributed by atoms with Gasteiger partial charge in [0, 0.05) is 20.0 Å². The molecule has 266 valence electrons. The second-order valence-corrected chi connectivity index (χ2v) is 14.1. The van der Waals surface area contributed by atoms with Gasteiger partial charge in [-0.2, -0.15) is 0 Å². The molecule has 0 aliphatic rings. The SMILES string of the molecule is CN[C@@H](Cc1cc(I)ccc1OCc1ccccc1)C(=O)O.CN[C@@H](Cc1cc(I)ccc1OCc1ccccc1)C(=O)OCc1ccccc1. The molecular weight excluding hydrogens is 870 g/mol. The van der Waals surface area contributed by atoms with Crippen LogP contribution in [0.15, 0.2) is 127 Å². The zero-order valence-corrected chi connectivity index (χ0v) is 32.9. The second kappa shape index (κ2) is 21.4. The summed E-state index contributed by atoms with van der Waals surface area (Å²) in [5.41, 5.74) is 5.02. The van der Waals surface area contributed by atoms with Gasteiger partial charge in [-0.1, -0.05) is 91.0 Å². The average Bonchev–Trinajstić information content (AvgIpc) is 3.15. The Morgan fingerprint density at radius 2 is 0.980 bits per heavy atom. The molecule has 5 aromatic rings. The molecule has 0 heterocycles. The minimum atomic E-state index is -0.865.